The number of nitrogens with one attached hydrogen (secondary N) is 2. The molecule has 0 aromatic heterocycles. The van der Waals surface area contributed by atoms with Gasteiger partial charge in [0.15, 0.2) is 5.60 Å². The van der Waals surface area contributed by atoms with E-state index in [0.717, 1.165) is 6.42 Å². The number of aliphatic hydroxyl groups is 1. The fourth-order valence-corrected chi connectivity index (χ4v) is 3.77. The average molecular weight is 315 g/mol. The van der Waals surface area contributed by atoms with Crippen molar-refractivity contribution in [1.82, 2.24) is 10.2 Å². The van der Waals surface area contributed by atoms with Gasteiger partial charge in [-0.2, -0.15) is 0 Å². The first-order valence-electron chi connectivity index (χ1n) is 7.75. The largest absolute Gasteiger partial charge is 0.375 e. The highest BCUT2D eigenvalue weighted by molar-refractivity contribution is 6.06. The predicted octanol–water partition coefficient (Wildman–Crippen LogP) is -0.294. The van der Waals surface area contributed by atoms with Crippen molar-refractivity contribution in [1.29, 1.82) is 0 Å². The molecule has 0 radical (unpaired) electrons. The Kier molecular flexibility index (Phi) is 2.96. The molecule has 3 aliphatic heterocycles. The number of carbonyl (C=O) groups excluding carboxylic acids is 3. The van der Waals surface area contributed by atoms with Crippen LogP contribution in [0.15, 0.2) is 24.3 Å². The topological polar surface area (TPSA) is 98.7 Å². The van der Waals surface area contributed by atoms with Gasteiger partial charge in [0.2, 0.25) is 11.8 Å². The molecular formula is C16H17N3O4. The molecule has 3 heterocycles. The molecule has 0 aliphatic carbocycles. The van der Waals surface area contributed by atoms with Gasteiger partial charge in [-0.1, -0.05) is 18.2 Å². The molecular weight excluding hydrogens is 298 g/mol. The van der Waals surface area contributed by atoms with Gasteiger partial charge in [0.05, 0.1) is 0 Å². The summed E-state index contributed by atoms with van der Waals surface area (Å²) in [5, 5.41) is 16.2. The quantitative estimate of drug-likeness (QED) is 0.698. The molecule has 0 saturated carbocycles. The summed E-state index contributed by atoms with van der Waals surface area (Å²) in [5.74, 6) is -0.996. The zero-order valence-electron chi connectivity index (χ0n) is 12.4. The van der Waals surface area contributed by atoms with Gasteiger partial charge >= 0.3 is 0 Å². The summed E-state index contributed by atoms with van der Waals surface area (Å²) in [6.45, 7) is 0.550. The highest BCUT2D eigenvalue weighted by Gasteiger charge is 2.51. The SMILES string of the molecule is O=C1N[C@@H](C[C@]2(O)C(=O)Nc3ccccc32)C(=O)N2CCC[C@@H]12. The molecule has 23 heavy (non-hydrogen) atoms. The molecule has 7 nitrogen and oxygen atoms in total. The van der Waals surface area contributed by atoms with Crippen molar-refractivity contribution in [3.63, 3.8) is 0 Å². The number of benzene rings is 1. The Labute approximate surface area is 132 Å². The van der Waals surface area contributed by atoms with E-state index < -0.39 is 23.6 Å². The Balaban J connectivity index is 1.64. The lowest BCUT2D eigenvalue weighted by atomic mass is 9.87. The minimum atomic E-state index is -1.81. The molecule has 1 aromatic carbocycles. The van der Waals surface area contributed by atoms with E-state index in [1.165, 1.54) is 0 Å². The molecule has 4 rings (SSSR count). The van der Waals surface area contributed by atoms with E-state index in [1.807, 2.05) is 0 Å². The lowest BCUT2D eigenvalue weighted by molar-refractivity contribution is -0.151. The van der Waals surface area contributed by atoms with Crippen LogP contribution in [-0.4, -0.2) is 46.4 Å². The Morgan fingerprint density at radius 3 is 2.87 bits per heavy atom. The average Bonchev–Trinajstić information content (AvgIpc) is 3.10. The number of amides is 3. The van der Waals surface area contributed by atoms with Crippen LogP contribution >= 0.6 is 0 Å². The van der Waals surface area contributed by atoms with Crippen molar-refractivity contribution >= 4 is 23.4 Å². The molecule has 3 amide bonds. The highest BCUT2D eigenvalue weighted by Crippen LogP contribution is 2.39. The fraction of sp³-hybridized carbons (Fsp3) is 0.438. The third-order valence-electron chi connectivity index (χ3n) is 4.95. The molecule has 0 spiro atoms. The summed E-state index contributed by atoms with van der Waals surface area (Å²) in [6.07, 6.45) is 1.30. The summed E-state index contributed by atoms with van der Waals surface area (Å²) in [4.78, 5) is 38.5. The normalized spacial score (nSPS) is 32.4. The van der Waals surface area contributed by atoms with Gasteiger partial charge in [-0.05, 0) is 18.9 Å². The third-order valence-corrected chi connectivity index (χ3v) is 4.95. The zero-order chi connectivity index (χ0) is 16.2. The van der Waals surface area contributed by atoms with Crippen LogP contribution in [-0.2, 0) is 20.0 Å². The number of rotatable bonds is 2. The second kappa shape index (κ2) is 4.79. The number of hydrogen-bond acceptors (Lipinski definition) is 4. The van der Waals surface area contributed by atoms with Gasteiger partial charge < -0.3 is 20.6 Å². The van der Waals surface area contributed by atoms with Crippen LogP contribution in [0.25, 0.3) is 0 Å². The van der Waals surface area contributed by atoms with E-state index in [0.29, 0.717) is 24.2 Å². The first-order chi connectivity index (χ1) is 11.0. The van der Waals surface area contributed by atoms with E-state index in [2.05, 4.69) is 10.6 Å². The van der Waals surface area contributed by atoms with Gasteiger partial charge in [-0.3, -0.25) is 14.4 Å². The van der Waals surface area contributed by atoms with E-state index in [4.69, 9.17) is 0 Å². The molecule has 3 aliphatic rings. The van der Waals surface area contributed by atoms with Crippen LogP contribution < -0.4 is 10.6 Å². The standard InChI is InChI=1S/C16H17N3O4/c20-13-12-6-3-7-19(12)14(21)11(17-13)8-16(23)9-4-1-2-5-10(9)18-15(16)22/h1-2,4-5,11-12,23H,3,6-8H2,(H,17,20)(H,18,22)/t11-,12-,16+/m0/s1. The van der Waals surface area contributed by atoms with Gasteiger partial charge in [0.25, 0.3) is 5.91 Å². The lowest BCUT2D eigenvalue weighted by Gasteiger charge is -2.36. The lowest BCUT2D eigenvalue weighted by Crippen LogP contribution is -2.62. The Bertz CT molecular complexity index is 719. The van der Waals surface area contributed by atoms with E-state index >= 15 is 0 Å². The molecule has 3 N–H and O–H groups in total. The maximum atomic E-state index is 12.6. The number of hydrogen-bond donors (Lipinski definition) is 3. The summed E-state index contributed by atoms with van der Waals surface area (Å²) in [7, 11) is 0. The van der Waals surface area contributed by atoms with Gasteiger partial charge in [-0.25, -0.2) is 0 Å². The molecule has 1 aromatic rings. The number of piperazine rings is 1. The maximum Gasteiger partial charge on any atom is 0.261 e. The monoisotopic (exact) mass is 315 g/mol. The van der Waals surface area contributed by atoms with Gasteiger partial charge in [0, 0.05) is 24.2 Å². The van der Waals surface area contributed by atoms with E-state index in [9.17, 15) is 19.5 Å². The van der Waals surface area contributed by atoms with Gasteiger partial charge in [-0.15, -0.1) is 0 Å². The van der Waals surface area contributed by atoms with Crippen LogP contribution in [0.2, 0.25) is 0 Å². The van der Waals surface area contributed by atoms with Crippen molar-refractivity contribution in [2.75, 3.05) is 11.9 Å². The Hall–Kier alpha value is -2.41. The number of fused-ring (bicyclic) bond motifs is 2. The second-order valence-electron chi connectivity index (χ2n) is 6.31. The first-order valence-corrected chi connectivity index (χ1v) is 7.75. The van der Waals surface area contributed by atoms with Crippen molar-refractivity contribution in [3.05, 3.63) is 29.8 Å². The van der Waals surface area contributed by atoms with Crippen molar-refractivity contribution in [2.45, 2.75) is 36.9 Å². The predicted molar refractivity (Wildman–Crippen MR) is 80.3 cm³/mol. The smallest absolute Gasteiger partial charge is 0.261 e. The van der Waals surface area contributed by atoms with Crippen molar-refractivity contribution in [3.8, 4) is 0 Å². The first kappa shape index (κ1) is 14.2. The minimum Gasteiger partial charge on any atom is -0.375 e. The summed E-state index contributed by atoms with van der Waals surface area (Å²) >= 11 is 0. The molecule has 2 saturated heterocycles. The number of para-hydroxylation sites is 1. The van der Waals surface area contributed by atoms with Crippen LogP contribution in [0, 0.1) is 0 Å². The molecule has 0 unspecified atom stereocenters. The summed E-state index contributed by atoms with van der Waals surface area (Å²) in [6, 6.07) is 5.54. The second-order valence-corrected chi connectivity index (χ2v) is 6.31. The Morgan fingerprint density at radius 1 is 1.26 bits per heavy atom. The van der Waals surface area contributed by atoms with Crippen LogP contribution in [0.1, 0.15) is 24.8 Å². The highest BCUT2D eigenvalue weighted by atomic mass is 16.3. The van der Waals surface area contributed by atoms with Crippen molar-refractivity contribution < 1.29 is 19.5 Å². The third kappa shape index (κ3) is 1.96. The van der Waals surface area contributed by atoms with Crippen molar-refractivity contribution in [2.24, 2.45) is 0 Å². The minimum absolute atomic E-state index is 0.163. The van der Waals surface area contributed by atoms with Crippen LogP contribution in [0.5, 0.6) is 0 Å². The number of nitrogens with zero attached hydrogens (tertiary/aromatic N) is 1. The van der Waals surface area contributed by atoms with E-state index in [1.54, 1.807) is 29.2 Å². The summed E-state index contributed by atoms with van der Waals surface area (Å²) in [5.41, 5.74) is -0.833. The number of anilines is 1. The molecule has 0 bridgehead atoms. The molecule has 7 heteroatoms. The van der Waals surface area contributed by atoms with Crippen LogP contribution in [0.3, 0.4) is 0 Å². The molecule has 2 fully saturated rings. The number of carbonyl (C=O) groups is 3. The van der Waals surface area contributed by atoms with E-state index in [-0.39, 0.29) is 18.2 Å². The molecule has 3 atom stereocenters. The Morgan fingerprint density at radius 2 is 2.04 bits per heavy atom. The zero-order valence-corrected chi connectivity index (χ0v) is 12.4. The summed E-state index contributed by atoms with van der Waals surface area (Å²) < 4.78 is 0. The van der Waals surface area contributed by atoms with Gasteiger partial charge in [0.1, 0.15) is 12.1 Å². The van der Waals surface area contributed by atoms with Crippen LogP contribution in [0.4, 0.5) is 5.69 Å². The fourth-order valence-electron chi connectivity index (χ4n) is 3.77. The molecule has 120 valence electrons. The maximum absolute atomic E-state index is 12.6.